The zero-order valence-corrected chi connectivity index (χ0v) is 13.1. The van der Waals surface area contributed by atoms with Crippen molar-refractivity contribution in [2.24, 2.45) is 0 Å². The van der Waals surface area contributed by atoms with Crippen molar-refractivity contribution < 1.29 is 0 Å². The van der Waals surface area contributed by atoms with E-state index in [1.807, 2.05) is 11.8 Å². The van der Waals surface area contributed by atoms with E-state index in [2.05, 4.69) is 57.0 Å². The summed E-state index contributed by atoms with van der Waals surface area (Å²) >= 11 is 7.41. The Morgan fingerprint density at radius 1 is 1.28 bits per heavy atom. The van der Waals surface area contributed by atoms with Crippen LogP contribution in [-0.2, 0) is 12.3 Å². The van der Waals surface area contributed by atoms with Crippen LogP contribution in [0.3, 0.4) is 0 Å². The first-order valence-electron chi connectivity index (χ1n) is 5.95. The number of rotatable bonds is 3. The molecule has 0 aliphatic carbocycles. The maximum Gasteiger partial charge on any atom is 0.0417 e. The van der Waals surface area contributed by atoms with E-state index in [-0.39, 0.29) is 0 Å². The highest BCUT2D eigenvalue weighted by Crippen LogP contribution is 2.32. The minimum absolute atomic E-state index is 0.481. The number of fused-ring (bicyclic) bond motifs is 1. The lowest BCUT2D eigenvalue weighted by Crippen LogP contribution is -2.26. The van der Waals surface area contributed by atoms with Gasteiger partial charge in [-0.25, -0.2) is 0 Å². The van der Waals surface area contributed by atoms with Gasteiger partial charge in [0.05, 0.1) is 0 Å². The molecule has 94 valence electrons. The van der Waals surface area contributed by atoms with E-state index in [9.17, 15) is 0 Å². The zero-order chi connectivity index (χ0) is 12.4. The van der Waals surface area contributed by atoms with E-state index >= 15 is 0 Å². The first-order chi connectivity index (χ1) is 8.84. The maximum absolute atomic E-state index is 3.68. The molecule has 3 rings (SSSR count). The number of hydrogen-bond donors (Lipinski definition) is 1. The molecule has 0 amide bonds. The Labute approximate surface area is 124 Å². The average Bonchev–Trinajstić information content (AvgIpc) is 2.82. The molecule has 2 heterocycles. The van der Waals surface area contributed by atoms with Crippen LogP contribution in [0.15, 0.2) is 40.2 Å². The normalized spacial score (nSPS) is 18.6. The Morgan fingerprint density at radius 2 is 2.17 bits per heavy atom. The van der Waals surface area contributed by atoms with Crippen molar-refractivity contribution in [2.45, 2.75) is 18.3 Å². The highest BCUT2D eigenvalue weighted by atomic mass is 79.9. The second-order valence-electron chi connectivity index (χ2n) is 4.34. The van der Waals surface area contributed by atoms with E-state index in [0.717, 1.165) is 12.3 Å². The van der Waals surface area contributed by atoms with Gasteiger partial charge in [-0.3, -0.25) is 0 Å². The van der Waals surface area contributed by atoms with Crippen LogP contribution in [-0.4, -0.2) is 5.75 Å². The van der Waals surface area contributed by atoms with Gasteiger partial charge < -0.3 is 5.32 Å². The van der Waals surface area contributed by atoms with Gasteiger partial charge in [0.2, 0.25) is 0 Å². The summed E-state index contributed by atoms with van der Waals surface area (Å²) in [6.45, 7) is 0.942. The summed E-state index contributed by atoms with van der Waals surface area (Å²) < 4.78 is 1.22. The molecule has 1 unspecified atom stereocenters. The molecule has 18 heavy (non-hydrogen) atoms. The second-order valence-corrected chi connectivity index (χ2v) is 7.22. The SMILES string of the molecule is Brc1ccsc1CNC1CSCc2ccccc21. The largest absolute Gasteiger partial charge is 0.304 e. The lowest BCUT2D eigenvalue weighted by atomic mass is 10.0. The number of halogens is 1. The van der Waals surface area contributed by atoms with Crippen molar-refractivity contribution in [3.8, 4) is 0 Å². The fraction of sp³-hybridized carbons (Fsp3) is 0.286. The predicted molar refractivity (Wildman–Crippen MR) is 84.2 cm³/mol. The number of hydrogen-bond acceptors (Lipinski definition) is 3. The molecule has 1 aromatic heterocycles. The summed E-state index contributed by atoms with van der Waals surface area (Å²) in [7, 11) is 0. The number of thiophene rings is 1. The van der Waals surface area contributed by atoms with E-state index in [1.165, 1.54) is 26.2 Å². The first kappa shape index (κ1) is 12.7. The summed E-state index contributed by atoms with van der Waals surface area (Å²) in [5.74, 6) is 2.32. The van der Waals surface area contributed by atoms with Crippen molar-refractivity contribution in [1.29, 1.82) is 0 Å². The van der Waals surface area contributed by atoms with Gasteiger partial charge in [-0.2, -0.15) is 11.8 Å². The first-order valence-corrected chi connectivity index (χ1v) is 8.78. The summed E-state index contributed by atoms with van der Waals surface area (Å²) in [4.78, 5) is 1.38. The molecule has 0 fully saturated rings. The predicted octanol–water partition coefficient (Wildman–Crippen LogP) is 4.59. The lowest BCUT2D eigenvalue weighted by molar-refractivity contribution is 0.578. The van der Waals surface area contributed by atoms with Gasteiger partial charge in [0, 0.05) is 33.4 Å². The molecule has 2 aromatic rings. The van der Waals surface area contributed by atoms with Gasteiger partial charge >= 0.3 is 0 Å². The Hall–Kier alpha value is -0.290. The van der Waals surface area contributed by atoms with Crippen molar-refractivity contribution in [1.82, 2.24) is 5.32 Å². The molecule has 0 radical (unpaired) electrons. The van der Waals surface area contributed by atoms with Gasteiger partial charge in [0.25, 0.3) is 0 Å². The summed E-state index contributed by atoms with van der Waals surface area (Å²) in [5, 5.41) is 5.81. The van der Waals surface area contributed by atoms with E-state index in [4.69, 9.17) is 0 Å². The molecular formula is C14H14BrNS2. The minimum Gasteiger partial charge on any atom is -0.304 e. The Bertz CT molecular complexity index is 538. The summed E-state index contributed by atoms with van der Waals surface area (Å²) in [5.41, 5.74) is 2.96. The molecule has 0 saturated carbocycles. The molecule has 1 aliphatic heterocycles. The molecule has 0 spiro atoms. The number of thioether (sulfide) groups is 1. The van der Waals surface area contributed by atoms with Crippen LogP contribution in [0.25, 0.3) is 0 Å². The van der Waals surface area contributed by atoms with Crippen molar-refractivity contribution in [2.75, 3.05) is 5.75 Å². The third kappa shape index (κ3) is 2.67. The van der Waals surface area contributed by atoms with Crippen LogP contribution in [0.5, 0.6) is 0 Å². The van der Waals surface area contributed by atoms with Crippen LogP contribution in [0.2, 0.25) is 0 Å². The fourth-order valence-electron chi connectivity index (χ4n) is 2.22. The minimum atomic E-state index is 0.481. The van der Waals surface area contributed by atoms with E-state index in [1.54, 1.807) is 11.3 Å². The Morgan fingerprint density at radius 3 is 3.00 bits per heavy atom. The van der Waals surface area contributed by atoms with Gasteiger partial charge in [-0.1, -0.05) is 24.3 Å². The number of nitrogens with one attached hydrogen (secondary N) is 1. The smallest absolute Gasteiger partial charge is 0.0417 e. The third-order valence-corrected chi connectivity index (χ3v) is 6.18. The molecule has 1 N–H and O–H groups in total. The fourth-order valence-corrected chi connectivity index (χ4v) is 4.80. The van der Waals surface area contributed by atoms with Gasteiger partial charge in [0.1, 0.15) is 0 Å². The highest BCUT2D eigenvalue weighted by Gasteiger charge is 2.19. The summed E-state index contributed by atoms with van der Waals surface area (Å²) in [6, 6.07) is 11.4. The molecular weight excluding hydrogens is 326 g/mol. The van der Waals surface area contributed by atoms with Crippen LogP contribution in [0, 0.1) is 0 Å². The van der Waals surface area contributed by atoms with Crippen LogP contribution < -0.4 is 5.32 Å². The topological polar surface area (TPSA) is 12.0 Å². The monoisotopic (exact) mass is 339 g/mol. The number of benzene rings is 1. The van der Waals surface area contributed by atoms with Crippen LogP contribution in [0.1, 0.15) is 22.0 Å². The van der Waals surface area contributed by atoms with E-state index < -0.39 is 0 Å². The standard InChI is InChI=1S/C14H14BrNS2/c15-12-5-6-18-14(12)7-16-13-9-17-8-10-3-1-2-4-11(10)13/h1-6,13,16H,7-9H2. The van der Waals surface area contributed by atoms with Gasteiger partial charge in [0.15, 0.2) is 0 Å². The maximum atomic E-state index is 3.68. The zero-order valence-electron chi connectivity index (χ0n) is 9.86. The van der Waals surface area contributed by atoms with Crippen LogP contribution in [0.4, 0.5) is 0 Å². The Balaban J connectivity index is 1.73. The quantitative estimate of drug-likeness (QED) is 0.877. The highest BCUT2D eigenvalue weighted by molar-refractivity contribution is 9.10. The molecule has 0 saturated heterocycles. The lowest BCUT2D eigenvalue weighted by Gasteiger charge is -2.26. The average molecular weight is 340 g/mol. The van der Waals surface area contributed by atoms with Gasteiger partial charge in [-0.05, 0) is 38.5 Å². The van der Waals surface area contributed by atoms with E-state index in [0.29, 0.717) is 6.04 Å². The van der Waals surface area contributed by atoms with Crippen molar-refractivity contribution in [3.05, 3.63) is 56.2 Å². The molecule has 1 aliphatic rings. The van der Waals surface area contributed by atoms with Crippen molar-refractivity contribution >= 4 is 39.0 Å². The summed E-state index contributed by atoms with van der Waals surface area (Å²) in [6.07, 6.45) is 0. The third-order valence-electron chi connectivity index (χ3n) is 3.17. The van der Waals surface area contributed by atoms with Crippen LogP contribution >= 0.6 is 39.0 Å². The Kier molecular flexibility index (Phi) is 4.09. The second kappa shape index (κ2) is 5.78. The van der Waals surface area contributed by atoms with Gasteiger partial charge in [-0.15, -0.1) is 11.3 Å². The van der Waals surface area contributed by atoms with Crippen molar-refractivity contribution in [3.63, 3.8) is 0 Å². The molecule has 0 bridgehead atoms. The molecule has 1 nitrogen and oxygen atoms in total. The molecule has 1 atom stereocenters. The molecule has 1 aromatic carbocycles. The molecule has 4 heteroatoms.